The molecular formula is C16H17ClN2O2. The van der Waals surface area contributed by atoms with Crippen LogP contribution in [0.2, 0.25) is 5.02 Å². The summed E-state index contributed by atoms with van der Waals surface area (Å²) in [5.41, 5.74) is 7.81. The van der Waals surface area contributed by atoms with Gasteiger partial charge in [-0.25, -0.2) is 0 Å². The highest BCUT2D eigenvalue weighted by Gasteiger charge is 2.14. The molecule has 0 spiro atoms. The molecule has 0 saturated heterocycles. The standard InChI is InChI=1S/C16H17ClN2O2/c1-10(12-4-2-11(9-18)3-5-12)19-16(21)14-8-13(20)6-7-15(14)17/h2-8,10,20H,9,18H2,1H3,(H,19,21). The van der Waals surface area contributed by atoms with Crippen LogP contribution in [-0.4, -0.2) is 11.0 Å². The number of nitrogens with one attached hydrogen (secondary N) is 1. The van der Waals surface area contributed by atoms with Crippen molar-refractivity contribution < 1.29 is 9.90 Å². The first-order chi connectivity index (χ1) is 10.0. The SMILES string of the molecule is CC(NC(=O)c1cc(O)ccc1Cl)c1ccc(CN)cc1. The van der Waals surface area contributed by atoms with Gasteiger partial charge in [0.15, 0.2) is 0 Å². The molecule has 0 radical (unpaired) electrons. The second-order valence-corrected chi connectivity index (χ2v) is 5.21. The van der Waals surface area contributed by atoms with Crippen LogP contribution in [0.1, 0.15) is 34.5 Å². The average Bonchev–Trinajstić information content (AvgIpc) is 2.49. The summed E-state index contributed by atoms with van der Waals surface area (Å²) in [5, 5.41) is 12.6. The number of phenolic OH excluding ortho intramolecular Hbond substituents is 1. The van der Waals surface area contributed by atoms with Crippen LogP contribution in [0.15, 0.2) is 42.5 Å². The van der Waals surface area contributed by atoms with Crippen LogP contribution >= 0.6 is 11.6 Å². The Hall–Kier alpha value is -2.04. The van der Waals surface area contributed by atoms with Gasteiger partial charge < -0.3 is 16.2 Å². The lowest BCUT2D eigenvalue weighted by atomic mass is 10.1. The number of phenols is 1. The van der Waals surface area contributed by atoms with E-state index in [1.165, 1.54) is 18.2 Å². The molecule has 0 bridgehead atoms. The van der Waals surface area contributed by atoms with Gasteiger partial charge in [-0.2, -0.15) is 0 Å². The molecule has 21 heavy (non-hydrogen) atoms. The van der Waals surface area contributed by atoms with Crippen LogP contribution in [0.25, 0.3) is 0 Å². The van der Waals surface area contributed by atoms with Crippen molar-refractivity contribution in [2.75, 3.05) is 0 Å². The van der Waals surface area contributed by atoms with E-state index >= 15 is 0 Å². The van der Waals surface area contributed by atoms with Gasteiger partial charge in [0.05, 0.1) is 16.6 Å². The van der Waals surface area contributed by atoms with Gasteiger partial charge in [0, 0.05) is 6.54 Å². The average molecular weight is 305 g/mol. The Labute approximate surface area is 128 Å². The fraction of sp³-hybridized carbons (Fsp3) is 0.188. The number of carbonyl (C=O) groups excluding carboxylic acids is 1. The van der Waals surface area contributed by atoms with Gasteiger partial charge in [-0.05, 0) is 36.2 Å². The van der Waals surface area contributed by atoms with Crippen molar-refractivity contribution in [2.45, 2.75) is 19.5 Å². The zero-order valence-corrected chi connectivity index (χ0v) is 12.4. The van der Waals surface area contributed by atoms with Crippen LogP contribution in [-0.2, 0) is 6.54 Å². The normalized spacial score (nSPS) is 12.0. The largest absolute Gasteiger partial charge is 0.508 e. The summed E-state index contributed by atoms with van der Waals surface area (Å²) in [4.78, 5) is 12.2. The Kier molecular flexibility index (Phi) is 4.83. The van der Waals surface area contributed by atoms with Crippen molar-refractivity contribution in [2.24, 2.45) is 5.73 Å². The summed E-state index contributed by atoms with van der Waals surface area (Å²) >= 11 is 5.97. The predicted octanol–water partition coefficient (Wildman–Crippen LogP) is 3.00. The van der Waals surface area contributed by atoms with Gasteiger partial charge >= 0.3 is 0 Å². The highest BCUT2D eigenvalue weighted by molar-refractivity contribution is 6.33. The van der Waals surface area contributed by atoms with E-state index in [1.807, 2.05) is 31.2 Å². The van der Waals surface area contributed by atoms with Gasteiger partial charge in [-0.3, -0.25) is 4.79 Å². The summed E-state index contributed by atoms with van der Waals surface area (Å²) in [6, 6.07) is 11.8. The van der Waals surface area contributed by atoms with Crippen LogP contribution in [0.4, 0.5) is 0 Å². The van der Waals surface area contributed by atoms with Crippen molar-refractivity contribution >= 4 is 17.5 Å². The fourth-order valence-corrected chi connectivity index (χ4v) is 2.19. The maximum absolute atomic E-state index is 12.2. The predicted molar refractivity (Wildman–Crippen MR) is 83.3 cm³/mol. The molecule has 5 heteroatoms. The molecule has 2 aromatic rings. The van der Waals surface area contributed by atoms with E-state index in [9.17, 15) is 9.90 Å². The minimum Gasteiger partial charge on any atom is -0.508 e. The quantitative estimate of drug-likeness (QED) is 0.813. The van der Waals surface area contributed by atoms with Crippen molar-refractivity contribution in [3.05, 3.63) is 64.2 Å². The number of hydrogen-bond donors (Lipinski definition) is 3. The Morgan fingerprint density at radius 1 is 1.29 bits per heavy atom. The fourth-order valence-electron chi connectivity index (χ4n) is 1.99. The van der Waals surface area contributed by atoms with Gasteiger partial charge in [0.25, 0.3) is 5.91 Å². The third-order valence-corrected chi connectivity index (χ3v) is 3.59. The van der Waals surface area contributed by atoms with Crippen molar-refractivity contribution in [1.29, 1.82) is 0 Å². The molecule has 0 fully saturated rings. The monoisotopic (exact) mass is 304 g/mol. The third kappa shape index (κ3) is 3.74. The lowest BCUT2D eigenvalue weighted by molar-refractivity contribution is 0.0939. The number of nitrogens with two attached hydrogens (primary N) is 1. The molecule has 0 aliphatic carbocycles. The molecule has 4 N–H and O–H groups in total. The smallest absolute Gasteiger partial charge is 0.253 e. The second kappa shape index (κ2) is 6.61. The summed E-state index contributed by atoms with van der Waals surface area (Å²) in [6.07, 6.45) is 0. The van der Waals surface area contributed by atoms with Gasteiger partial charge in [-0.15, -0.1) is 0 Å². The minimum atomic E-state index is -0.327. The molecule has 0 heterocycles. The molecule has 2 aromatic carbocycles. The first kappa shape index (κ1) is 15.4. The van der Waals surface area contributed by atoms with E-state index in [-0.39, 0.29) is 23.3 Å². The van der Waals surface area contributed by atoms with Crippen LogP contribution < -0.4 is 11.1 Å². The van der Waals surface area contributed by atoms with E-state index in [1.54, 1.807) is 0 Å². The summed E-state index contributed by atoms with van der Waals surface area (Å²) < 4.78 is 0. The molecule has 0 aliphatic heterocycles. The lowest BCUT2D eigenvalue weighted by Gasteiger charge is -2.15. The van der Waals surface area contributed by atoms with E-state index in [2.05, 4.69) is 5.32 Å². The molecular weight excluding hydrogens is 288 g/mol. The Morgan fingerprint density at radius 3 is 2.57 bits per heavy atom. The molecule has 0 saturated carbocycles. The third-order valence-electron chi connectivity index (χ3n) is 3.26. The first-order valence-corrected chi connectivity index (χ1v) is 6.97. The highest BCUT2D eigenvalue weighted by Crippen LogP contribution is 2.22. The number of halogens is 1. The van der Waals surface area contributed by atoms with E-state index < -0.39 is 0 Å². The maximum atomic E-state index is 12.2. The maximum Gasteiger partial charge on any atom is 0.253 e. The van der Waals surface area contributed by atoms with Crippen LogP contribution in [0.5, 0.6) is 5.75 Å². The van der Waals surface area contributed by atoms with E-state index in [4.69, 9.17) is 17.3 Å². The Balaban J connectivity index is 2.12. The van der Waals surface area contributed by atoms with Gasteiger partial charge in [0.1, 0.15) is 5.75 Å². The highest BCUT2D eigenvalue weighted by atomic mass is 35.5. The molecule has 2 rings (SSSR count). The molecule has 1 unspecified atom stereocenters. The van der Waals surface area contributed by atoms with Crippen molar-refractivity contribution in [1.82, 2.24) is 5.32 Å². The van der Waals surface area contributed by atoms with Crippen LogP contribution in [0, 0.1) is 0 Å². The first-order valence-electron chi connectivity index (χ1n) is 6.59. The summed E-state index contributed by atoms with van der Waals surface area (Å²) in [7, 11) is 0. The number of rotatable bonds is 4. The minimum absolute atomic E-state index is 0.00417. The number of hydrogen-bond acceptors (Lipinski definition) is 3. The zero-order valence-electron chi connectivity index (χ0n) is 11.6. The van der Waals surface area contributed by atoms with Gasteiger partial charge in [-0.1, -0.05) is 35.9 Å². The number of benzene rings is 2. The van der Waals surface area contributed by atoms with Crippen molar-refractivity contribution in [3.63, 3.8) is 0 Å². The topological polar surface area (TPSA) is 75.3 Å². The molecule has 0 aliphatic rings. The molecule has 1 amide bonds. The molecule has 110 valence electrons. The number of amides is 1. The van der Waals surface area contributed by atoms with E-state index in [0.717, 1.165) is 11.1 Å². The number of carbonyl (C=O) groups is 1. The molecule has 4 nitrogen and oxygen atoms in total. The molecule has 1 atom stereocenters. The van der Waals surface area contributed by atoms with Gasteiger partial charge in [0.2, 0.25) is 0 Å². The Bertz CT molecular complexity index is 641. The lowest BCUT2D eigenvalue weighted by Crippen LogP contribution is -2.26. The summed E-state index contributed by atoms with van der Waals surface area (Å²) in [5.74, 6) is -0.323. The number of aromatic hydroxyl groups is 1. The zero-order chi connectivity index (χ0) is 15.4. The summed E-state index contributed by atoms with van der Waals surface area (Å²) in [6.45, 7) is 2.37. The Morgan fingerprint density at radius 2 is 1.95 bits per heavy atom. The second-order valence-electron chi connectivity index (χ2n) is 4.81. The van der Waals surface area contributed by atoms with Crippen LogP contribution in [0.3, 0.4) is 0 Å². The van der Waals surface area contributed by atoms with Crippen molar-refractivity contribution in [3.8, 4) is 5.75 Å². The van der Waals surface area contributed by atoms with E-state index in [0.29, 0.717) is 11.6 Å². The molecule has 0 aromatic heterocycles.